The zero-order chi connectivity index (χ0) is 16.6. The zero-order valence-corrected chi connectivity index (χ0v) is 14.3. The summed E-state index contributed by atoms with van der Waals surface area (Å²) in [6, 6.07) is 11.1. The second-order valence-electron chi connectivity index (χ2n) is 5.20. The zero-order valence-electron chi connectivity index (χ0n) is 12.7. The molecule has 0 bridgehead atoms. The highest BCUT2D eigenvalue weighted by molar-refractivity contribution is 7.89. The molecule has 0 radical (unpaired) electrons. The number of sulfonamides is 1. The van der Waals surface area contributed by atoms with E-state index in [9.17, 15) is 8.42 Å². The summed E-state index contributed by atoms with van der Waals surface area (Å²) in [4.78, 5) is 10.8. The number of nitrogens with two attached hydrogens (primary N) is 1. The van der Waals surface area contributed by atoms with Crippen LogP contribution in [0, 0.1) is 0 Å². The fraction of sp³-hybridized carbons (Fsp3) is 0.200. The van der Waals surface area contributed by atoms with Crippen molar-refractivity contribution in [3.05, 3.63) is 47.6 Å². The number of hydrogen-bond acceptors (Lipinski definition) is 6. The van der Waals surface area contributed by atoms with Crippen LogP contribution in [0.5, 0.6) is 0 Å². The number of fused-ring (bicyclic) bond motifs is 1. The van der Waals surface area contributed by atoms with Crippen LogP contribution in [0.1, 0.15) is 18.0 Å². The van der Waals surface area contributed by atoms with Gasteiger partial charge in [-0.1, -0.05) is 12.1 Å². The summed E-state index contributed by atoms with van der Waals surface area (Å²) in [6.45, 7) is 2.03. The third kappa shape index (κ3) is 3.19. The molecule has 0 aliphatic heterocycles. The molecule has 8 heteroatoms. The molecule has 0 aliphatic carbocycles. The molecule has 0 spiro atoms. The van der Waals surface area contributed by atoms with Gasteiger partial charge in [0.05, 0.1) is 16.3 Å². The lowest BCUT2D eigenvalue weighted by Gasteiger charge is -2.24. The minimum Gasteiger partial charge on any atom is -0.350 e. The maximum absolute atomic E-state index is 11.3. The average molecular weight is 348 g/mol. The third-order valence-electron chi connectivity index (χ3n) is 3.66. The summed E-state index contributed by atoms with van der Waals surface area (Å²) in [5.41, 5.74) is 0.977. The first-order valence-corrected chi connectivity index (χ1v) is 9.29. The topological polar surface area (TPSA) is 89.2 Å². The molecule has 2 heterocycles. The highest BCUT2D eigenvalue weighted by Gasteiger charge is 2.18. The van der Waals surface area contributed by atoms with Gasteiger partial charge < -0.3 is 4.90 Å². The van der Waals surface area contributed by atoms with Gasteiger partial charge >= 0.3 is 0 Å². The van der Waals surface area contributed by atoms with Crippen molar-refractivity contribution in [3.63, 3.8) is 0 Å². The maximum atomic E-state index is 11.3. The number of nitrogens with zero attached hydrogens (tertiary/aromatic N) is 3. The van der Waals surface area contributed by atoms with Crippen molar-refractivity contribution in [3.8, 4) is 0 Å². The van der Waals surface area contributed by atoms with Crippen molar-refractivity contribution in [1.29, 1.82) is 0 Å². The molecule has 1 atom stereocenters. The van der Waals surface area contributed by atoms with E-state index in [4.69, 9.17) is 5.14 Å². The van der Waals surface area contributed by atoms with Crippen molar-refractivity contribution in [2.75, 3.05) is 11.9 Å². The molecule has 0 amide bonds. The van der Waals surface area contributed by atoms with Crippen molar-refractivity contribution in [2.45, 2.75) is 17.9 Å². The second-order valence-corrected chi connectivity index (χ2v) is 7.83. The number of para-hydroxylation sites is 1. The summed E-state index contributed by atoms with van der Waals surface area (Å²) >= 11 is 1.64. The molecular weight excluding hydrogens is 332 g/mol. The first-order valence-electron chi connectivity index (χ1n) is 6.93. The van der Waals surface area contributed by atoms with E-state index in [1.165, 1.54) is 12.3 Å². The molecule has 2 N–H and O–H groups in total. The Balaban J connectivity index is 1.88. The summed E-state index contributed by atoms with van der Waals surface area (Å²) in [6.07, 6.45) is 1.27. The Bertz CT molecular complexity index is 903. The van der Waals surface area contributed by atoms with Crippen LogP contribution in [0.3, 0.4) is 0 Å². The number of benzene rings is 1. The number of aromatic nitrogens is 2. The minimum atomic E-state index is -3.73. The SMILES string of the molecule is C[C@@H](c1nc2ccccc2s1)N(C)c1ccc(S(N)(=O)=O)cn1. The van der Waals surface area contributed by atoms with Gasteiger partial charge in [-0.05, 0) is 31.2 Å². The van der Waals surface area contributed by atoms with Crippen LogP contribution in [0.4, 0.5) is 5.82 Å². The van der Waals surface area contributed by atoms with Crippen LogP contribution in [0.25, 0.3) is 10.2 Å². The summed E-state index contributed by atoms with van der Waals surface area (Å²) < 4.78 is 23.7. The van der Waals surface area contributed by atoms with Crippen molar-refractivity contribution in [2.24, 2.45) is 5.14 Å². The quantitative estimate of drug-likeness (QED) is 0.782. The fourth-order valence-corrected chi connectivity index (χ4v) is 3.70. The number of hydrogen-bond donors (Lipinski definition) is 1. The molecule has 0 aliphatic rings. The Morgan fingerprint density at radius 3 is 2.57 bits per heavy atom. The number of primary sulfonamides is 1. The van der Waals surface area contributed by atoms with Gasteiger partial charge in [0, 0.05) is 13.2 Å². The van der Waals surface area contributed by atoms with Gasteiger partial charge in [-0.25, -0.2) is 23.5 Å². The van der Waals surface area contributed by atoms with Crippen molar-refractivity contribution < 1.29 is 8.42 Å². The van der Waals surface area contributed by atoms with Gasteiger partial charge in [-0.3, -0.25) is 0 Å². The van der Waals surface area contributed by atoms with Gasteiger partial charge in [0.25, 0.3) is 0 Å². The first kappa shape index (κ1) is 15.9. The molecule has 6 nitrogen and oxygen atoms in total. The van der Waals surface area contributed by atoms with E-state index in [2.05, 4.69) is 9.97 Å². The molecule has 3 rings (SSSR count). The highest BCUT2D eigenvalue weighted by atomic mass is 32.2. The molecule has 1 aromatic carbocycles. The molecule has 120 valence electrons. The van der Waals surface area contributed by atoms with Gasteiger partial charge in [0.15, 0.2) is 0 Å². The van der Waals surface area contributed by atoms with Crippen LogP contribution >= 0.6 is 11.3 Å². The smallest absolute Gasteiger partial charge is 0.239 e. The standard InChI is InChI=1S/C15H16N4O2S2/c1-10(15-18-12-5-3-4-6-13(12)22-15)19(2)14-8-7-11(9-17-14)23(16,20)21/h3-10H,1-2H3,(H2,16,20,21)/t10-/m0/s1. The summed E-state index contributed by atoms with van der Waals surface area (Å²) in [5.74, 6) is 0.657. The Morgan fingerprint density at radius 1 is 1.22 bits per heavy atom. The Kier molecular flexibility index (Phi) is 4.05. The van der Waals surface area contributed by atoms with Crippen LogP contribution < -0.4 is 10.0 Å². The van der Waals surface area contributed by atoms with Crippen LogP contribution in [0.2, 0.25) is 0 Å². The Labute approximate surface area is 138 Å². The van der Waals surface area contributed by atoms with E-state index < -0.39 is 10.0 Å². The largest absolute Gasteiger partial charge is 0.350 e. The van der Waals surface area contributed by atoms with Crippen LogP contribution in [0.15, 0.2) is 47.5 Å². The predicted molar refractivity (Wildman–Crippen MR) is 92.0 cm³/mol. The van der Waals surface area contributed by atoms with Gasteiger partial charge in [-0.2, -0.15) is 0 Å². The molecule has 0 fully saturated rings. The van der Waals surface area contributed by atoms with E-state index in [0.717, 1.165) is 15.2 Å². The van der Waals surface area contributed by atoms with E-state index in [-0.39, 0.29) is 10.9 Å². The predicted octanol–water partition coefficient (Wildman–Crippen LogP) is 2.54. The van der Waals surface area contributed by atoms with Gasteiger partial charge in [0.1, 0.15) is 15.7 Å². The van der Waals surface area contributed by atoms with E-state index in [1.807, 2.05) is 43.1 Å². The number of thiazole rings is 1. The lowest BCUT2D eigenvalue weighted by Crippen LogP contribution is -2.22. The molecule has 0 saturated carbocycles. The fourth-order valence-electron chi connectivity index (χ4n) is 2.18. The molecule has 23 heavy (non-hydrogen) atoms. The van der Waals surface area contributed by atoms with Crippen molar-refractivity contribution >= 4 is 37.4 Å². The normalized spacial score (nSPS) is 13.2. The minimum absolute atomic E-state index is 0.00212. The van der Waals surface area contributed by atoms with Crippen LogP contribution in [-0.4, -0.2) is 25.4 Å². The average Bonchev–Trinajstić information content (AvgIpc) is 2.96. The first-order chi connectivity index (χ1) is 10.9. The Morgan fingerprint density at radius 2 is 1.96 bits per heavy atom. The summed E-state index contributed by atoms with van der Waals surface area (Å²) in [7, 11) is -1.83. The van der Waals surface area contributed by atoms with E-state index >= 15 is 0 Å². The highest BCUT2D eigenvalue weighted by Crippen LogP contribution is 2.30. The molecular formula is C15H16N4O2S2. The Hall–Kier alpha value is -2.03. The van der Waals surface area contributed by atoms with Crippen LogP contribution in [-0.2, 0) is 10.0 Å². The van der Waals surface area contributed by atoms with E-state index in [1.54, 1.807) is 17.4 Å². The second kappa shape index (κ2) is 5.88. The number of rotatable bonds is 4. The lowest BCUT2D eigenvalue weighted by molar-refractivity contribution is 0.597. The van der Waals surface area contributed by atoms with E-state index in [0.29, 0.717) is 5.82 Å². The van der Waals surface area contributed by atoms with Crippen molar-refractivity contribution in [1.82, 2.24) is 9.97 Å². The molecule has 3 aromatic rings. The molecule has 0 unspecified atom stereocenters. The lowest BCUT2D eigenvalue weighted by atomic mass is 10.3. The summed E-state index contributed by atoms with van der Waals surface area (Å²) in [5, 5.41) is 6.06. The monoisotopic (exact) mass is 348 g/mol. The molecule has 2 aromatic heterocycles. The molecule has 0 saturated heterocycles. The number of anilines is 1. The number of pyridine rings is 1. The van der Waals surface area contributed by atoms with Gasteiger partial charge in [0.2, 0.25) is 10.0 Å². The third-order valence-corrected chi connectivity index (χ3v) is 5.76. The maximum Gasteiger partial charge on any atom is 0.239 e. The van der Waals surface area contributed by atoms with Gasteiger partial charge in [-0.15, -0.1) is 11.3 Å².